The highest BCUT2D eigenvalue weighted by Crippen LogP contribution is 2.29. The molecular formula is C49H81NO13. The van der Waals surface area contributed by atoms with Gasteiger partial charge in [0.25, 0.3) is 0 Å². The second-order valence-corrected chi connectivity index (χ2v) is 16.1. The molecule has 0 aromatic heterocycles. The van der Waals surface area contributed by atoms with E-state index in [1.54, 1.807) is 6.08 Å². The van der Waals surface area contributed by atoms with Crippen LogP contribution in [0.2, 0.25) is 0 Å². The molecule has 0 bridgehead atoms. The van der Waals surface area contributed by atoms with Crippen molar-refractivity contribution in [2.24, 2.45) is 0 Å². The number of carbonyl (C=O) groups is 1. The van der Waals surface area contributed by atoms with E-state index in [1.807, 2.05) is 12.2 Å². The Morgan fingerprint density at radius 2 is 1.11 bits per heavy atom. The molecule has 0 aliphatic carbocycles. The molecular weight excluding hydrogens is 811 g/mol. The number of aliphatic hydroxyl groups excluding tert-OH is 8. The minimum atomic E-state index is -1.80. The summed E-state index contributed by atoms with van der Waals surface area (Å²) in [5.41, 5.74) is 0. The summed E-state index contributed by atoms with van der Waals surface area (Å²) in [6, 6.07) is -0.964. The van der Waals surface area contributed by atoms with E-state index in [1.165, 1.54) is 38.5 Å². The maximum atomic E-state index is 13.1. The molecule has 0 radical (unpaired) electrons. The van der Waals surface area contributed by atoms with Crippen LogP contribution in [0, 0.1) is 0 Å². The zero-order chi connectivity index (χ0) is 46.1. The Balaban J connectivity index is 1.93. The molecule has 14 heteroatoms. The lowest BCUT2D eigenvalue weighted by Gasteiger charge is -2.46. The number of rotatable bonds is 33. The summed E-state index contributed by atoms with van der Waals surface area (Å²) in [7, 11) is 0. The van der Waals surface area contributed by atoms with E-state index in [0.29, 0.717) is 19.3 Å². The first-order valence-corrected chi connectivity index (χ1v) is 23.3. The molecule has 2 aliphatic heterocycles. The second kappa shape index (κ2) is 35.4. The average molecular weight is 892 g/mol. The van der Waals surface area contributed by atoms with Crippen LogP contribution in [-0.4, -0.2) is 140 Å². The number of aliphatic hydroxyl groups is 8. The lowest BCUT2D eigenvalue weighted by atomic mass is 9.97. The summed E-state index contributed by atoms with van der Waals surface area (Å²) in [4.78, 5) is 13.1. The van der Waals surface area contributed by atoms with E-state index in [4.69, 9.17) is 18.9 Å². The molecule has 0 spiro atoms. The molecule has 2 saturated heterocycles. The first-order valence-electron chi connectivity index (χ1n) is 23.3. The van der Waals surface area contributed by atoms with Crippen molar-refractivity contribution < 1.29 is 64.6 Å². The molecule has 9 N–H and O–H groups in total. The Hall–Kier alpha value is -2.83. The van der Waals surface area contributed by atoms with Crippen molar-refractivity contribution in [2.45, 2.75) is 197 Å². The van der Waals surface area contributed by atoms with Gasteiger partial charge in [0.05, 0.1) is 32.0 Å². The first kappa shape index (κ1) is 56.3. The Morgan fingerprint density at radius 1 is 0.587 bits per heavy atom. The summed E-state index contributed by atoms with van der Waals surface area (Å²) in [6.07, 6.45) is 27.8. The topological polar surface area (TPSA) is 228 Å². The van der Waals surface area contributed by atoms with E-state index in [2.05, 4.69) is 86.0 Å². The standard InChI is InChI=1S/C49H81NO13/c1-3-5-7-9-11-13-15-17-18-19-20-21-23-25-27-29-31-33-41(54)50-37(38(53)32-30-28-26-24-22-16-14-12-10-8-6-4-2)36-60-48-46(59)44(57)47(40(35-52)62-48)63-49-45(58)43(56)42(55)39(34-51)61-49/h5,7,11,13,17-18,20-22,24-25,27,30,32,37-40,42-49,51-53,55-59H,3-4,6,8-10,12,14-16,19,23,26,28-29,31,33-36H2,1-2H3,(H,50,54)/b7-5-,13-11-,18-17-,21-20-,24-22+,27-25-,32-30+. The summed E-state index contributed by atoms with van der Waals surface area (Å²) in [6.45, 7) is 2.55. The molecule has 2 rings (SSSR count). The van der Waals surface area contributed by atoms with Crippen LogP contribution < -0.4 is 5.32 Å². The van der Waals surface area contributed by atoms with Crippen LogP contribution in [-0.2, 0) is 23.7 Å². The number of carbonyl (C=O) groups excluding carboxylic acids is 1. The van der Waals surface area contributed by atoms with Gasteiger partial charge in [-0.15, -0.1) is 0 Å². The molecule has 12 atom stereocenters. The quantitative estimate of drug-likeness (QED) is 0.0312. The lowest BCUT2D eigenvalue weighted by molar-refractivity contribution is -0.359. The Kier molecular flexibility index (Phi) is 31.7. The summed E-state index contributed by atoms with van der Waals surface area (Å²) < 4.78 is 22.6. The van der Waals surface area contributed by atoms with E-state index >= 15 is 0 Å². The molecule has 63 heavy (non-hydrogen) atoms. The molecule has 0 saturated carbocycles. The van der Waals surface area contributed by atoms with Gasteiger partial charge in [-0.25, -0.2) is 0 Å². The van der Waals surface area contributed by atoms with Gasteiger partial charge in [-0.1, -0.05) is 131 Å². The summed E-state index contributed by atoms with van der Waals surface area (Å²) in [5.74, 6) is -0.313. The van der Waals surface area contributed by atoms with Crippen LogP contribution in [0.25, 0.3) is 0 Å². The monoisotopic (exact) mass is 892 g/mol. The van der Waals surface area contributed by atoms with E-state index in [-0.39, 0.29) is 18.9 Å². The van der Waals surface area contributed by atoms with Gasteiger partial charge < -0.3 is 65.1 Å². The highest BCUT2D eigenvalue weighted by atomic mass is 16.7. The van der Waals surface area contributed by atoms with Crippen molar-refractivity contribution in [3.05, 3.63) is 85.1 Å². The van der Waals surface area contributed by atoms with Crippen LogP contribution in [0.3, 0.4) is 0 Å². The maximum Gasteiger partial charge on any atom is 0.220 e. The summed E-state index contributed by atoms with van der Waals surface area (Å²) >= 11 is 0. The number of amides is 1. The van der Waals surface area contributed by atoms with Crippen LogP contribution in [0.5, 0.6) is 0 Å². The number of unbranched alkanes of at least 4 members (excludes halogenated alkanes) is 8. The third-order valence-electron chi connectivity index (χ3n) is 10.8. The van der Waals surface area contributed by atoms with Crippen molar-refractivity contribution in [1.29, 1.82) is 0 Å². The molecule has 2 heterocycles. The van der Waals surface area contributed by atoms with E-state index in [9.17, 15) is 45.6 Å². The second-order valence-electron chi connectivity index (χ2n) is 16.1. The Bertz CT molecular complexity index is 1380. The fraction of sp³-hybridized carbons (Fsp3) is 0.694. The zero-order valence-corrected chi connectivity index (χ0v) is 37.8. The number of hydrogen-bond acceptors (Lipinski definition) is 13. The van der Waals surface area contributed by atoms with Crippen molar-refractivity contribution >= 4 is 5.91 Å². The summed E-state index contributed by atoms with van der Waals surface area (Å²) in [5, 5.41) is 86.4. The van der Waals surface area contributed by atoms with Crippen LogP contribution in [0.1, 0.15) is 123 Å². The van der Waals surface area contributed by atoms with E-state index < -0.39 is 86.8 Å². The van der Waals surface area contributed by atoms with Crippen molar-refractivity contribution in [3.8, 4) is 0 Å². The van der Waals surface area contributed by atoms with Gasteiger partial charge in [0.2, 0.25) is 5.91 Å². The molecule has 360 valence electrons. The highest BCUT2D eigenvalue weighted by molar-refractivity contribution is 5.76. The zero-order valence-electron chi connectivity index (χ0n) is 37.8. The van der Waals surface area contributed by atoms with Crippen molar-refractivity contribution in [2.75, 3.05) is 19.8 Å². The number of allylic oxidation sites excluding steroid dienone is 13. The van der Waals surface area contributed by atoms with Gasteiger partial charge in [-0.2, -0.15) is 0 Å². The predicted molar refractivity (Wildman–Crippen MR) is 244 cm³/mol. The highest BCUT2D eigenvalue weighted by Gasteiger charge is 2.50. The molecule has 2 fully saturated rings. The van der Waals surface area contributed by atoms with Crippen molar-refractivity contribution in [1.82, 2.24) is 5.32 Å². The van der Waals surface area contributed by atoms with Gasteiger partial charge in [0.15, 0.2) is 12.6 Å². The van der Waals surface area contributed by atoms with Gasteiger partial charge >= 0.3 is 0 Å². The fourth-order valence-corrected chi connectivity index (χ4v) is 6.99. The number of nitrogens with one attached hydrogen (secondary N) is 1. The number of ether oxygens (including phenoxy) is 4. The molecule has 2 aliphatic rings. The van der Waals surface area contributed by atoms with Crippen LogP contribution in [0.4, 0.5) is 0 Å². The van der Waals surface area contributed by atoms with Crippen LogP contribution in [0.15, 0.2) is 85.1 Å². The molecule has 0 aromatic carbocycles. The fourth-order valence-electron chi connectivity index (χ4n) is 6.99. The molecule has 0 aromatic rings. The third kappa shape index (κ3) is 23.3. The van der Waals surface area contributed by atoms with Crippen LogP contribution >= 0.6 is 0 Å². The minimum Gasteiger partial charge on any atom is -0.394 e. The van der Waals surface area contributed by atoms with Crippen molar-refractivity contribution in [3.63, 3.8) is 0 Å². The minimum absolute atomic E-state index is 0.190. The molecule has 12 unspecified atom stereocenters. The van der Waals surface area contributed by atoms with Gasteiger partial charge in [-0.3, -0.25) is 4.79 Å². The van der Waals surface area contributed by atoms with E-state index in [0.717, 1.165) is 44.9 Å². The Morgan fingerprint density at radius 3 is 1.75 bits per heavy atom. The maximum absolute atomic E-state index is 13.1. The average Bonchev–Trinajstić information content (AvgIpc) is 3.28. The molecule has 14 nitrogen and oxygen atoms in total. The normalized spacial score (nSPS) is 28.3. The Labute approximate surface area is 376 Å². The number of hydrogen-bond donors (Lipinski definition) is 9. The van der Waals surface area contributed by atoms with Gasteiger partial charge in [-0.05, 0) is 70.6 Å². The molecule has 1 amide bonds. The SMILES string of the molecule is CC/C=C\C/C=C\C/C=C\C/C=C\C/C=C\CCCC(=O)NC(COC1OC(CO)C(OC2OC(CO)C(O)C(O)C2O)C(O)C1O)C(O)/C=C/CC/C=C/CCCCCCCC. The predicted octanol–water partition coefficient (Wildman–Crippen LogP) is 5.04. The lowest BCUT2D eigenvalue weighted by Crippen LogP contribution is -2.65. The smallest absolute Gasteiger partial charge is 0.220 e. The van der Waals surface area contributed by atoms with Gasteiger partial charge in [0, 0.05) is 6.42 Å². The first-order chi connectivity index (χ1) is 30.6. The largest absolute Gasteiger partial charge is 0.394 e. The third-order valence-corrected chi connectivity index (χ3v) is 10.8. The van der Waals surface area contributed by atoms with Gasteiger partial charge in [0.1, 0.15) is 48.8 Å².